The molecule has 20 heavy (non-hydrogen) atoms. The molecule has 2 saturated heterocycles. The van der Waals surface area contributed by atoms with Crippen LogP contribution in [0.25, 0.3) is 5.65 Å². The number of hydrogen-bond acceptors (Lipinski definition) is 5. The molecule has 2 aromatic heterocycles. The van der Waals surface area contributed by atoms with E-state index >= 15 is 0 Å². The van der Waals surface area contributed by atoms with E-state index in [-0.39, 0.29) is 0 Å². The van der Waals surface area contributed by atoms with Crippen molar-refractivity contribution in [3.05, 3.63) is 16.1 Å². The van der Waals surface area contributed by atoms with E-state index in [2.05, 4.69) is 48.0 Å². The molecule has 0 unspecified atom stereocenters. The lowest BCUT2D eigenvalue weighted by Crippen LogP contribution is -2.50. The van der Waals surface area contributed by atoms with Gasteiger partial charge in [0.15, 0.2) is 5.65 Å². The van der Waals surface area contributed by atoms with Gasteiger partial charge < -0.3 is 10.2 Å². The number of halogens is 1. The third-order valence-electron chi connectivity index (χ3n) is 4.61. The van der Waals surface area contributed by atoms with Gasteiger partial charge in [-0.3, -0.25) is 4.40 Å². The van der Waals surface area contributed by atoms with E-state index in [1.807, 2.05) is 10.6 Å². The van der Waals surface area contributed by atoms with E-state index in [0.717, 1.165) is 28.3 Å². The predicted octanol–water partition coefficient (Wildman–Crippen LogP) is 1.45. The molecule has 106 valence electrons. The fourth-order valence-corrected chi connectivity index (χ4v) is 3.95. The second kappa shape index (κ2) is 4.80. The van der Waals surface area contributed by atoms with Crippen LogP contribution in [0.15, 0.2) is 12.5 Å². The maximum atomic E-state index is 4.60. The topological polar surface area (TPSA) is 58.4 Å². The van der Waals surface area contributed by atoms with Crippen molar-refractivity contribution in [3.8, 4) is 0 Å². The smallest absolute Gasteiger partial charge is 0.212 e. The molecule has 7 heteroatoms. The maximum absolute atomic E-state index is 4.60. The third kappa shape index (κ3) is 1.98. The van der Waals surface area contributed by atoms with Crippen molar-refractivity contribution in [2.24, 2.45) is 0 Å². The molecule has 2 fully saturated rings. The summed E-state index contributed by atoms with van der Waals surface area (Å²) in [6.45, 7) is 3.28. The lowest BCUT2D eigenvalue weighted by Gasteiger charge is -2.40. The molecule has 0 aliphatic carbocycles. The minimum Gasteiger partial charge on any atom is -0.342 e. The molecule has 0 saturated carbocycles. The first-order valence-electron chi connectivity index (χ1n) is 7.12. The maximum Gasteiger partial charge on any atom is 0.212 e. The van der Waals surface area contributed by atoms with Crippen LogP contribution in [-0.4, -0.2) is 44.8 Å². The molecule has 2 aliphatic heterocycles. The van der Waals surface area contributed by atoms with E-state index in [4.69, 9.17) is 0 Å². The molecule has 0 aromatic carbocycles. The van der Waals surface area contributed by atoms with Gasteiger partial charge in [0.05, 0.1) is 3.57 Å². The van der Waals surface area contributed by atoms with Crippen LogP contribution in [0.2, 0.25) is 0 Å². The minimum atomic E-state index is 0.395. The summed E-state index contributed by atoms with van der Waals surface area (Å²) >= 11 is 2.25. The summed E-state index contributed by atoms with van der Waals surface area (Å²) in [5, 5.41) is 11.9. The largest absolute Gasteiger partial charge is 0.342 e. The van der Waals surface area contributed by atoms with Gasteiger partial charge in [0.25, 0.3) is 0 Å². The summed E-state index contributed by atoms with van der Waals surface area (Å²) in [4.78, 5) is 6.96. The van der Waals surface area contributed by atoms with Crippen LogP contribution in [0.1, 0.15) is 25.7 Å². The molecular weight excluding hydrogens is 367 g/mol. The van der Waals surface area contributed by atoms with E-state index in [1.54, 1.807) is 6.33 Å². The van der Waals surface area contributed by atoms with E-state index < -0.39 is 0 Å². The Balaban J connectivity index is 1.61. The number of aromatic nitrogens is 4. The zero-order valence-corrected chi connectivity index (χ0v) is 13.4. The van der Waals surface area contributed by atoms with Crippen molar-refractivity contribution < 1.29 is 0 Å². The first-order valence-corrected chi connectivity index (χ1v) is 8.20. The lowest BCUT2D eigenvalue weighted by molar-refractivity contribution is 0.295. The SMILES string of the molecule is Ic1cnc(N2CCC3(CCCN3)CC2)n2cnnc12. The molecule has 4 rings (SSSR count). The quantitative estimate of drug-likeness (QED) is 0.755. The van der Waals surface area contributed by atoms with Gasteiger partial charge in [-0.15, -0.1) is 10.2 Å². The lowest BCUT2D eigenvalue weighted by atomic mass is 9.86. The highest BCUT2D eigenvalue weighted by Crippen LogP contribution is 2.32. The first kappa shape index (κ1) is 12.8. The van der Waals surface area contributed by atoms with Gasteiger partial charge in [-0.1, -0.05) is 0 Å². The fraction of sp³-hybridized carbons (Fsp3) is 0.615. The van der Waals surface area contributed by atoms with Crippen LogP contribution >= 0.6 is 22.6 Å². The number of anilines is 1. The Morgan fingerprint density at radius 3 is 2.85 bits per heavy atom. The Labute approximate surface area is 131 Å². The molecule has 0 radical (unpaired) electrons. The molecule has 0 bridgehead atoms. The second-order valence-corrected chi connectivity index (χ2v) is 6.89. The van der Waals surface area contributed by atoms with Crippen LogP contribution < -0.4 is 10.2 Å². The minimum absolute atomic E-state index is 0.395. The van der Waals surface area contributed by atoms with Crippen molar-refractivity contribution in [1.29, 1.82) is 0 Å². The Kier molecular flexibility index (Phi) is 3.06. The molecule has 2 aromatic rings. The predicted molar refractivity (Wildman–Crippen MR) is 84.9 cm³/mol. The summed E-state index contributed by atoms with van der Waals surface area (Å²) in [6.07, 6.45) is 8.69. The number of nitrogens with one attached hydrogen (secondary N) is 1. The molecule has 4 heterocycles. The summed E-state index contributed by atoms with van der Waals surface area (Å²) in [7, 11) is 0. The highest BCUT2D eigenvalue weighted by molar-refractivity contribution is 14.1. The Hall–Kier alpha value is -0.960. The molecule has 0 atom stereocenters. The van der Waals surface area contributed by atoms with E-state index in [1.165, 1.54) is 32.2 Å². The molecule has 0 amide bonds. The number of rotatable bonds is 1. The fourth-order valence-electron chi connectivity index (χ4n) is 3.44. The Morgan fingerprint density at radius 1 is 1.25 bits per heavy atom. The average Bonchev–Trinajstić information content (AvgIpc) is 3.11. The van der Waals surface area contributed by atoms with Crippen LogP contribution in [0.5, 0.6) is 0 Å². The van der Waals surface area contributed by atoms with Crippen LogP contribution in [-0.2, 0) is 0 Å². The van der Waals surface area contributed by atoms with Gasteiger partial charge in [-0.25, -0.2) is 4.98 Å². The number of fused-ring (bicyclic) bond motifs is 1. The van der Waals surface area contributed by atoms with E-state index in [0.29, 0.717) is 5.54 Å². The van der Waals surface area contributed by atoms with Gasteiger partial charge >= 0.3 is 0 Å². The molecule has 6 nitrogen and oxygen atoms in total. The zero-order valence-electron chi connectivity index (χ0n) is 11.2. The molecule has 1 spiro atoms. The van der Waals surface area contributed by atoms with Crippen LogP contribution in [0.4, 0.5) is 5.95 Å². The van der Waals surface area contributed by atoms with Crippen molar-refractivity contribution in [2.75, 3.05) is 24.5 Å². The average molecular weight is 384 g/mol. The monoisotopic (exact) mass is 384 g/mol. The van der Waals surface area contributed by atoms with Crippen LogP contribution in [0.3, 0.4) is 0 Å². The van der Waals surface area contributed by atoms with Gasteiger partial charge in [-0.2, -0.15) is 0 Å². The second-order valence-electron chi connectivity index (χ2n) is 5.73. The van der Waals surface area contributed by atoms with Crippen LogP contribution in [0, 0.1) is 3.57 Å². The normalized spacial score (nSPS) is 21.9. The van der Waals surface area contributed by atoms with Gasteiger partial charge in [0.1, 0.15) is 6.33 Å². The van der Waals surface area contributed by atoms with Gasteiger partial charge in [-0.05, 0) is 54.8 Å². The summed E-state index contributed by atoms with van der Waals surface area (Å²) in [6, 6.07) is 0. The Bertz CT molecular complexity index is 623. The highest BCUT2D eigenvalue weighted by Gasteiger charge is 2.37. The summed E-state index contributed by atoms with van der Waals surface area (Å²) < 4.78 is 3.04. The molecular formula is C13H17IN6. The van der Waals surface area contributed by atoms with Crippen molar-refractivity contribution in [2.45, 2.75) is 31.2 Å². The molecule has 2 aliphatic rings. The van der Waals surface area contributed by atoms with E-state index in [9.17, 15) is 0 Å². The zero-order chi connectivity index (χ0) is 13.6. The van der Waals surface area contributed by atoms with Crippen molar-refractivity contribution in [1.82, 2.24) is 24.9 Å². The summed E-state index contributed by atoms with van der Waals surface area (Å²) in [5.74, 6) is 0.971. The number of hydrogen-bond donors (Lipinski definition) is 1. The van der Waals surface area contributed by atoms with Crippen molar-refractivity contribution in [3.63, 3.8) is 0 Å². The number of piperidine rings is 1. The van der Waals surface area contributed by atoms with Gasteiger partial charge in [0.2, 0.25) is 5.95 Å². The third-order valence-corrected chi connectivity index (χ3v) is 5.37. The highest BCUT2D eigenvalue weighted by atomic mass is 127. The summed E-state index contributed by atoms with van der Waals surface area (Å²) in [5.41, 5.74) is 1.29. The first-order chi connectivity index (χ1) is 9.77. The van der Waals surface area contributed by atoms with Crippen molar-refractivity contribution >= 4 is 34.2 Å². The number of nitrogens with zero attached hydrogens (tertiary/aromatic N) is 5. The Morgan fingerprint density at radius 2 is 2.10 bits per heavy atom. The molecule has 1 N–H and O–H groups in total. The van der Waals surface area contributed by atoms with Gasteiger partial charge in [0, 0.05) is 24.8 Å². The standard InChI is InChI=1S/C13H17IN6/c14-10-8-15-12(20-9-17-18-11(10)20)19-6-3-13(4-7-19)2-1-5-16-13/h8-9,16H,1-7H2.